The number of nitrogens with zero attached hydrogens (tertiary/aromatic N) is 1. The van der Waals surface area contributed by atoms with Crippen molar-refractivity contribution >= 4 is 5.91 Å². The lowest BCUT2D eigenvalue weighted by molar-refractivity contribution is -0.130. The molecule has 0 aromatic rings. The van der Waals surface area contributed by atoms with Gasteiger partial charge in [0.1, 0.15) is 0 Å². The van der Waals surface area contributed by atoms with Gasteiger partial charge in [0.15, 0.2) is 0 Å². The summed E-state index contributed by atoms with van der Waals surface area (Å²) < 4.78 is 0. The highest BCUT2D eigenvalue weighted by Gasteiger charge is 2.34. The van der Waals surface area contributed by atoms with Gasteiger partial charge in [-0.05, 0) is 50.9 Å². The minimum Gasteiger partial charge on any atom is -0.390 e. The quantitative estimate of drug-likeness (QED) is 0.797. The maximum atomic E-state index is 11.2. The molecule has 1 saturated carbocycles. The van der Waals surface area contributed by atoms with E-state index in [0.717, 1.165) is 57.5 Å². The van der Waals surface area contributed by atoms with Crippen LogP contribution >= 0.6 is 0 Å². The Kier molecular flexibility index (Phi) is 3.53. The van der Waals surface area contributed by atoms with Crippen LogP contribution in [0.25, 0.3) is 0 Å². The first-order chi connectivity index (χ1) is 7.59. The predicted molar refractivity (Wildman–Crippen MR) is 63.0 cm³/mol. The summed E-state index contributed by atoms with van der Waals surface area (Å²) in [7, 11) is 0. The van der Waals surface area contributed by atoms with Crippen LogP contribution in [0.15, 0.2) is 0 Å². The fraction of sp³-hybridized carbons (Fsp3) is 0.923. The zero-order valence-corrected chi connectivity index (χ0v) is 10.2. The fourth-order valence-electron chi connectivity index (χ4n) is 2.84. The van der Waals surface area contributed by atoms with Gasteiger partial charge in [0, 0.05) is 20.0 Å². The molecule has 0 unspecified atom stereocenters. The van der Waals surface area contributed by atoms with E-state index in [9.17, 15) is 9.90 Å². The summed E-state index contributed by atoms with van der Waals surface area (Å²) in [6, 6.07) is 0. The van der Waals surface area contributed by atoms with Crippen molar-refractivity contribution in [2.45, 2.75) is 57.5 Å². The number of likely N-dealkylation sites (tertiary alicyclic amines) is 1. The Bertz CT molecular complexity index is 253. The lowest BCUT2D eigenvalue weighted by atomic mass is 9.75. The number of hydrogen-bond acceptors (Lipinski definition) is 2. The molecular formula is C13H23NO2. The van der Waals surface area contributed by atoms with Gasteiger partial charge in [-0.15, -0.1) is 0 Å². The van der Waals surface area contributed by atoms with Gasteiger partial charge in [-0.25, -0.2) is 0 Å². The van der Waals surface area contributed by atoms with Gasteiger partial charge < -0.3 is 10.0 Å². The van der Waals surface area contributed by atoms with Crippen molar-refractivity contribution in [1.82, 2.24) is 4.90 Å². The molecule has 1 heterocycles. The van der Waals surface area contributed by atoms with Crippen molar-refractivity contribution in [1.29, 1.82) is 0 Å². The fourth-order valence-corrected chi connectivity index (χ4v) is 2.84. The van der Waals surface area contributed by atoms with E-state index in [-0.39, 0.29) is 11.5 Å². The third-order valence-corrected chi connectivity index (χ3v) is 4.36. The first kappa shape index (κ1) is 11.9. The second-order valence-electron chi connectivity index (χ2n) is 5.57. The number of hydrogen-bond donors (Lipinski definition) is 1. The Morgan fingerprint density at radius 2 is 2.00 bits per heavy atom. The summed E-state index contributed by atoms with van der Waals surface area (Å²) in [4.78, 5) is 13.1. The molecule has 0 aromatic carbocycles. The van der Waals surface area contributed by atoms with E-state index in [0.29, 0.717) is 0 Å². The standard InChI is InChI=1S/C13H23NO2/c1-11(15)14-9-4-12(5-10-14)3-8-13(16)6-2-7-13/h12,16H,2-10H2,1H3. The molecular weight excluding hydrogens is 202 g/mol. The number of carbonyl (C=O) groups excluding carboxylic acids is 1. The molecule has 2 rings (SSSR count). The van der Waals surface area contributed by atoms with Crippen LogP contribution in [0.3, 0.4) is 0 Å². The summed E-state index contributed by atoms with van der Waals surface area (Å²) in [6.45, 7) is 3.48. The van der Waals surface area contributed by atoms with Crippen molar-refractivity contribution in [2.75, 3.05) is 13.1 Å². The highest BCUT2D eigenvalue weighted by Crippen LogP contribution is 2.37. The summed E-state index contributed by atoms with van der Waals surface area (Å²) in [5.74, 6) is 0.927. The molecule has 1 aliphatic carbocycles. The minimum absolute atomic E-state index is 0.205. The average Bonchev–Trinajstić information content (AvgIpc) is 2.24. The van der Waals surface area contributed by atoms with Crippen LogP contribution in [0.4, 0.5) is 0 Å². The van der Waals surface area contributed by atoms with Gasteiger partial charge in [0.05, 0.1) is 5.60 Å². The Balaban J connectivity index is 1.67. The maximum Gasteiger partial charge on any atom is 0.219 e. The minimum atomic E-state index is -0.322. The first-order valence-corrected chi connectivity index (χ1v) is 6.57. The normalized spacial score (nSPS) is 25.2. The van der Waals surface area contributed by atoms with Gasteiger partial charge in [0.25, 0.3) is 0 Å². The highest BCUT2D eigenvalue weighted by atomic mass is 16.3. The Morgan fingerprint density at radius 3 is 2.44 bits per heavy atom. The van der Waals surface area contributed by atoms with E-state index in [4.69, 9.17) is 0 Å². The van der Waals surface area contributed by atoms with E-state index < -0.39 is 0 Å². The third-order valence-electron chi connectivity index (χ3n) is 4.36. The molecule has 1 saturated heterocycles. The van der Waals surface area contributed by atoms with Crippen LogP contribution in [0.1, 0.15) is 51.9 Å². The predicted octanol–water partition coefficient (Wildman–Crippen LogP) is 1.94. The summed E-state index contributed by atoms with van der Waals surface area (Å²) >= 11 is 0. The zero-order chi connectivity index (χ0) is 11.6. The SMILES string of the molecule is CC(=O)N1CCC(CCC2(O)CCC2)CC1. The number of carbonyl (C=O) groups is 1. The molecule has 3 heteroatoms. The molecule has 2 fully saturated rings. The molecule has 3 nitrogen and oxygen atoms in total. The van der Waals surface area contributed by atoms with Crippen LogP contribution in [-0.4, -0.2) is 34.6 Å². The zero-order valence-electron chi connectivity index (χ0n) is 10.2. The molecule has 0 spiro atoms. The number of rotatable bonds is 3. The van der Waals surface area contributed by atoms with Crippen LogP contribution in [0.2, 0.25) is 0 Å². The van der Waals surface area contributed by atoms with Gasteiger partial charge >= 0.3 is 0 Å². The smallest absolute Gasteiger partial charge is 0.219 e. The molecule has 0 aromatic heterocycles. The molecule has 92 valence electrons. The second-order valence-corrected chi connectivity index (χ2v) is 5.57. The van der Waals surface area contributed by atoms with E-state index in [1.54, 1.807) is 6.92 Å². The molecule has 16 heavy (non-hydrogen) atoms. The van der Waals surface area contributed by atoms with Crippen LogP contribution < -0.4 is 0 Å². The lowest BCUT2D eigenvalue weighted by Crippen LogP contribution is -2.39. The van der Waals surface area contributed by atoms with Crippen molar-refractivity contribution in [3.05, 3.63) is 0 Å². The summed E-state index contributed by atoms with van der Waals surface area (Å²) in [5, 5.41) is 10.0. The third kappa shape index (κ3) is 2.76. The average molecular weight is 225 g/mol. The van der Waals surface area contributed by atoms with E-state index in [2.05, 4.69) is 0 Å². The van der Waals surface area contributed by atoms with E-state index in [1.165, 1.54) is 6.42 Å². The molecule has 0 atom stereocenters. The summed E-state index contributed by atoms with van der Waals surface area (Å²) in [6.07, 6.45) is 7.54. The Labute approximate surface area is 97.8 Å². The number of aliphatic hydroxyl groups is 1. The molecule has 0 bridgehead atoms. The van der Waals surface area contributed by atoms with Crippen LogP contribution in [0.5, 0.6) is 0 Å². The Hall–Kier alpha value is -0.570. The molecule has 1 N–H and O–H groups in total. The van der Waals surface area contributed by atoms with Crippen molar-refractivity contribution in [2.24, 2.45) is 5.92 Å². The van der Waals surface area contributed by atoms with Crippen molar-refractivity contribution in [3.8, 4) is 0 Å². The topological polar surface area (TPSA) is 40.5 Å². The molecule has 1 amide bonds. The van der Waals surface area contributed by atoms with Crippen molar-refractivity contribution in [3.63, 3.8) is 0 Å². The molecule has 1 aliphatic heterocycles. The van der Waals surface area contributed by atoms with Crippen LogP contribution in [-0.2, 0) is 4.79 Å². The molecule has 2 aliphatic rings. The second kappa shape index (κ2) is 4.74. The monoisotopic (exact) mass is 225 g/mol. The first-order valence-electron chi connectivity index (χ1n) is 6.57. The van der Waals surface area contributed by atoms with Gasteiger partial charge in [0.2, 0.25) is 5.91 Å². The lowest BCUT2D eigenvalue weighted by Gasteiger charge is -2.39. The summed E-state index contributed by atoms with van der Waals surface area (Å²) in [5.41, 5.74) is -0.322. The van der Waals surface area contributed by atoms with Gasteiger partial charge in [-0.2, -0.15) is 0 Å². The van der Waals surface area contributed by atoms with Gasteiger partial charge in [-0.1, -0.05) is 0 Å². The highest BCUT2D eigenvalue weighted by molar-refractivity contribution is 5.73. The van der Waals surface area contributed by atoms with E-state index in [1.807, 2.05) is 4.90 Å². The van der Waals surface area contributed by atoms with Crippen LogP contribution in [0, 0.1) is 5.92 Å². The number of amides is 1. The largest absolute Gasteiger partial charge is 0.390 e. The Morgan fingerprint density at radius 1 is 1.38 bits per heavy atom. The molecule has 0 radical (unpaired) electrons. The van der Waals surface area contributed by atoms with Gasteiger partial charge in [-0.3, -0.25) is 4.79 Å². The number of piperidine rings is 1. The van der Waals surface area contributed by atoms with Crippen molar-refractivity contribution < 1.29 is 9.90 Å². The maximum absolute atomic E-state index is 11.2. The van der Waals surface area contributed by atoms with E-state index >= 15 is 0 Å².